The number of hydrogen-bond donors (Lipinski definition) is 1. The van der Waals surface area contributed by atoms with Crippen molar-refractivity contribution in [2.45, 2.75) is 39.2 Å². The third-order valence-corrected chi connectivity index (χ3v) is 5.93. The molecule has 1 aliphatic carbocycles. The quantitative estimate of drug-likeness (QED) is 0.769. The van der Waals surface area contributed by atoms with Crippen molar-refractivity contribution in [3.8, 4) is 0 Å². The standard InChI is InChI=1S/C21H23NO5S/c1-12-9-10-15-16(11-12)28-20(17(15)21(25)26-3)22-19(24)18(27-13(2)23)14-7-5-4-6-8-14/h4-8,12,18H,9-11H2,1-3H3,(H,22,24). The molecule has 1 aromatic carbocycles. The van der Waals surface area contributed by atoms with Gasteiger partial charge in [0.2, 0.25) is 6.10 Å². The number of thiophene rings is 1. The molecule has 1 heterocycles. The van der Waals surface area contributed by atoms with Crippen LogP contribution in [0.5, 0.6) is 0 Å². The first-order chi connectivity index (χ1) is 13.4. The molecule has 2 unspecified atom stereocenters. The fourth-order valence-electron chi connectivity index (χ4n) is 3.40. The van der Waals surface area contributed by atoms with Gasteiger partial charge in [-0.25, -0.2) is 4.79 Å². The molecule has 1 amide bonds. The molecule has 0 saturated carbocycles. The molecule has 1 N–H and O–H groups in total. The normalized spacial score (nSPS) is 16.6. The van der Waals surface area contributed by atoms with E-state index in [-0.39, 0.29) is 0 Å². The third-order valence-electron chi connectivity index (χ3n) is 4.76. The van der Waals surface area contributed by atoms with Crippen molar-refractivity contribution in [1.29, 1.82) is 0 Å². The minimum Gasteiger partial charge on any atom is -0.465 e. The minimum atomic E-state index is -1.10. The van der Waals surface area contributed by atoms with E-state index in [1.165, 1.54) is 25.4 Å². The van der Waals surface area contributed by atoms with Gasteiger partial charge in [-0.15, -0.1) is 11.3 Å². The molecular weight excluding hydrogens is 378 g/mol. The predicted octanol–water partition coefficient (Wildman–Crippen LogP) is 3.90. The number of methoxy groups -OCH3 is 1. The largest absolute Gasteiger partial charge is 0.465 e. The maximum atomic E-state index is 13.0. The minimum absolute atomic E-state index is 0.414. The average molecular weight is 401 g/mol. The maximum absolute atomic E-state index is 13.0. The van der Waals surface area contributed by atoms with E-state index in [4.69, 9.17) is 9.47 Å². The zero-order chi connectivity index (χ0) is 20.3. The highest BCUT2D eigenvalue weighted by atomic mass is 32.1. The van der Waals surface area contributed by atoms with Crippen molar-refractivity contribution in [2.24, 2.45) is 5.92 Å². The summed E-state index contributed by atoms with van der Waals surface area (Å²) in [5, 5.41) is 3.25. The summed E-state index contributed by atoms with van der Waals surface area (Å²) in [5.41, 5.74) is 1.93. The highest BCUT2D eigenvalue weighted by molar-refractivity contribution is 7.17. The van der Waals surface area contributed by atoms with E-state index < -0.39 is 23.9 Å². The highest BCUT2D eigenvalue weighted by Gasteiger charge is 2.31. The molecule has 0 saturated heterocycles. The van der Waals surface area contributed by atoms with Crippen molar-refractivity contribution in [3.05, 3.63) is 51.9 Å². The lowest BCUT2D eigenvalue weighted by Gasteiger charge is -2.18. The lowest BCUT2D eigenvalue weighted by Crippen LogP contribution is -2.25. The molecule has 7 heteroatoms. The number of nitrogens with one attached hydrogen (secondary N) is 1. The van der Waals surface area contributed by atoms with E-state index in [0.29, 0.717) is 22.0 Å². The summed E-state index contributed by atoms with van der Waals surface area (Å²) in [6, 6.07) is 8.79. The number of carbonyl (C=O) groups excluding carboxylic acids is 3. The predicted molar refractivity (Wildman–Crippen MR) is 106 cm³/mol. The van der Waals surface area contributed by atoms with Crippen molar-refractivity contribution in [3.63, 3.8) is 0 Å². The molecular formula is C21H23NO5S. The molecule has 0 aliphatic heterocycles. The second-order valence-electron chi connectivity index (χ2n) is 6.94. The van der Waals surface area contributed by atoms with Crippen LogP contribution in [0.1, 0.15) is 52.7 Å². The van der Waals surface area contributed by atoms with Crippen LogP contribution in [0.3, 0.4) is 0 Å². The Balaban J connectivity index is 1.94. The molecule has 2 aromatic rings. The van der Waals surface area contributed by atoms with E-state index in [1.807, 2.05) is 6.07 Å². The molecule has 6 nitrogen and oxygen atoms in total. The summed E-state index contributed by atoms with van der Waals surface area (Å²) >= 11 is 1.40. The number of hydrogen-bond acceptors (Lipinski definition) is 6. The topological polar surface area (TPSA) is 81.7 Å². The molecule has 3 rings (SSSR count). The van der Waals surface area contributed by atoms with Gasteiger partial charge in [0, 0.05) is 17.4 Å². The van der Waals surface area contributed by atoms with Crippen LogP contribution in [0, 0.1) is 5.92 Å². The Morgan fingerprint density at radius 2 is 1.93 bits per heavy atom. The number of amides is 1. The molecule has 1 aliphatic rings. The van der Waals surface area contributed by atoms with Crippen LogP contribution in [-0.2, 0) is 31.9 Å². The number of rotatable bonds is 5. The van der Waals surface area contributed by atoms with E-state index >= 15 is 0 Å². The molecule has 1 aromatic heterocycles. The maximum Gasteiger partial charge on any atom is 0.341 e. The number of carbonyl (C=O) groups is 3. The molecule has 0 fully saturated rings. The van der Waals surface area contributed by atoms with Gasteiger partial charge in [0.15, 0.2) is 0 Å². The highest BCUT2D eigenvalue weighted by Crippen LogP contribution is 2.40. The van der Waals surface area contributed by atoms with E-state index in [9.17, 15) is 14.4 Å². The van der Waals surface area contributed by atoms with Gasteiger partial charge in [0.1, 0.15) is 5.00 Å². The van der Waals surface area contributed by atoms with Gasteiger partial charge in [-0.2, -0.15) is 0 Å². The first-order valence-corrected chi connectivity index (χ1v) is 9.98. The summed E-state index contributed by atoms with van der Waals surface area (Å²) in [5.74, 6) is -1.00. The molecule has 148 valence electrons. The lowest BCUT2D eigenvalue weighted by molar-refractivity contribution is -0.152. The van der Waals surface area contributed by atoms with Gasteiger partial charge in [-0.1, -0.05) is 37.3 Å². The van der Waals surface area contributed by atoms with Crippen LogP contribution in [0.15, 0.2) is 30.3 Å². The SMILES string of the molecule is COC(=O)c1c(NC(=O)C(OC(C)=O)c2ccccc2)sc2c1CCC(C)C2. The Hall–Kier alpha value is -2.67. The van der Waals surface area contributed by atoms with E-state index in [0.717, 1.165) is 29.7 Å². The summed E-state index contributed by atoms with van der Waals surface area (Å²) < 4.78 is 10.2. The zero-order valence-electron chi connectivity index (χ0n) is 16.1. The summed E-state index contributed by atoms with van der Waals surface area (Å²) in [6.07, 6.45) is 1.54. The Kier molecular flexibility index (Phi) is 6.14. The number of benzene rings is 1. The van der Waals surface area contributed by atoms with Crippen molar-refractivity contribution in [1.82, 2.24) is 0 Å². The van der Waals surface area contributed by atoms with Gasteiger partial charge in [0.05, 0.1) is 12.7 Å². The van der Waals surface area contributed by atoms with Crippen LogP contribution in [-0.4, -0.2) is 25.0 Å². The fourth-order valence-corrected chi connectivity index (χ4v) is 4.80. The van der Waals surface area contributed by atoms with Crippen LogP contribution in [0.2, 0.25) is 0 Å². The summed E-state index contributed by atoms with van der Waals surface area (Å²) in [7, 11) is 1.33. The van der Waals surface area contributed by atoms with Gasteiger partial charge < -0.3 is 14.8 Å². The van der Waals surface area contributed by atoms with E-state index in [1.54, 1.807) is 24.3 Å². The van der Waals surface area contributed by atoms with Gasteiger partial charge in [-0.05, 0) is 30.7 Å². The zero-order valence-corrected chi connectivity index (χ0v) is 16.9. The Bertz CT molecular complexity index is 890. The van der Waals surface area contributed by atoms with Crippen LogP contribution >= 0.6 is 11.3 Å². The Labute approximate surface area is 167 Å². The second kappa shape index (κ2) is 8.56. The molecule has 0 bridgehead atoms. The van der Waals surface area contributed by atoms with Crippen molar-refractivity contribution < 1.29 is 23.9 Å². The summed E-state index contributed by atoms with van der Waals surface area (Å²) in [4.78, 5) is 38.0. The number of ether oxygens (including phenoxy) is 2. The molecule has 28 heavy (non-hydrogen) atoms. The monoisotopic (exact) mass is 401 g/mol. The smallest absolute Gasteiger partial charge is 0.341 e. The van der Waals surface area contributed by atoms with Gasteiger partial charge in [-0.3, -0.25) is 9.59 Å². The Morgan fingerprint density at radius 3 is 2.57 bits per heavy atom. The Morgan fingerprint density at radius 1 is 1.21 bits per heavy atom. The second-order valence-corrected chi connectivity index (χ2v) is 8.04. The summed E-state index contributed by atoms with van der Waals surface area (Å²) in [6.45, 7) is 3.43. The lowest BCUT2D eigenvalue weighted by atomic mass is 9.88. The first kappa shape index (κ1) is 20.1. The van der Waals surface area contributed by atoms with Crippen LogP contribution in [0.25, 0.3) is 0 Å². The fraction of sp³-hybridized carbons (Fsp3) is 0.381. The number of anilines is 1. The van der Waals surface area contributed by atoms with Crippen LogP contribution < -0.4 is 5.32 Å². The molecule has 0 spiro atoms. The van der Waals surface area contributed by atoms with E-state index in [2.05, 4.69) is 12.2 Å². The van der Waals surface area contributed by atoms with Gasteiger partial charge in [0.25, 0.3) is 5.91 Å². The van der Waals surface area contributed by atoms with Crippen molar-refractivity contribution in [2.75, 3.05) is 12.4 Å². The average Bonchev–Trinajstić information content (AvgIpc) is 3.02. The van der Waals surface area contributed by atoms with Gasteiger partial charge >= 0.3 is 11.9 Å². The number of fused-ring (bicyclic) bond motifs is 1. The van der Waals surface area contributed by atoms with Crippen molar-refractivity contribution >= 4 is 34.2 Å². The third kappa shape index (κ3) is 4.25. The number of esters is 2. The van der Waals surface area contributed by atoms with Crippen LogP contribution in [0.4, 0.5) is 5.00 Å². The molecule has 0 radical (unpaired) electrons. The first-order valence-electron chi connectivity index (χ1n) is 9.16. The molecule has 2 atom stereocenters.